The molecule has 1 aliphatic heterocycles. The summed E-state index contributed by atoms with van der Waals surface area (Å²) in [5.74, 6) is -0.556. The van der Waals surface area contributed by atoms with Crippen molar-refractivity contribution in [3.63, 3.8) is 0 Å². The molecular weight excluding hydrogens is 499 g/mol. The molecule has 0 saturated carbocycles. The predicted molar refractivity (Wildman–Crippen MR) is 140 cm³/mol. The van der Waals surface area contributed by atoms with Crippen LogP contribution in [0.2, 0.25) is 0 Å². The molecule has 1 N–H and O–H groups in total. The van der Waals surface area contributed by atoms with Crippen LogP contribution >= 0.6 is 0 Å². The number of carbonyl (C=O) groups is 1. The van der Waals surface area contributed by atoms with Gasteiger partial charge < -0.3 is 24.4 Å². The smallest absolute Gasteiger partial charge is 0.378 e. The van der Waals surface area contributed by atoms with Crippen molar-refractivity contribution in [2.75, 3.05) is 51.8 Å². The van der Waals surface area contributed by atoms with Crippen molar-refractivity contribution in [3.05, 3.63) is 69.1 Å². The molecule has 0 spiro atoms. The number of nitrogens with one attached hydrogen (secondary N) is 1. The van der Waals surface area contributed by atoms with Crippen LogP contribution in [0.15, 0.2) is 41.5 Å². The normalized spacial score (nSPS) is 15.2. The predicted octanol–water partition coefficient (Wildman–Crippen LogP) is 3.29. The zero-order chi connectivity index (χ0) is 27.6. The molecule has 1 aromatic carbocycles. The standard InChI is InChI=1S/C27H32F3N5O3/c1-17(14-33(3)4)32-26(37)21-16-35(15-19-6-5-7-22(18(19)2)27(28,29)30)23-12-20(13-31-24(23)25(21)36)34-8-10-38-11-9-34/h5-7,12-13,16-17H,8-11,14-15H2,1-4H3,(H,32,37)/t17-/m1/s1. The Kier molecular flexibility index (Phi) is 8.08. The van der Waals surface area contributed by atoms with Gasteiger partial charge in [0.05, 0.1) is 36.2 Å². The summed E-state index contributed by atoms with van der Waals surface area (Å²) < 4.78 is 47.8. The van der Waals surface area contributed by atoms with Crippen LogP contribution < -0.4 is 15.6 Å². The number of nitrogens with zero attached hydrogens (tertiary/aromatic N) is 4. The van der Waals surface area contributed by atoms with Crippen LogP contribution in [-0.2, 0) is 17.5 Å². The van der Waals surface area contributed by atoms with Crippen LogP contribution in [0.4, 0.5) is 18.9 Å². The maximum Gasteiger partial charge on any atom is 0.416 e. The van der Waals surface area contributed by atoms with Gasteiger partial charge in [0.2, 0.25) is 5.43 Å². The highest BCUT2D eigenvalue weighted by atomic mass is 19.4. The largest absolute Gasteiger partial charge is 0.416 e. The maximum atomic E-state index is 13.6. The molecule has 3 aromatic rings. The summed E-state index contributed by atoms with van der Waals surface area (Å²) in [5.41, 5.74) is 0.450. The number of hydrogen-bond acceptors (Lipinski definition) is 6. The zero-order valence-electron chi connectivity index (χ0n) is 21.9. The van der Waals surface area contributed by atoms with Gasteiger partial charge in [-0.3, -0.25) is 9.59 Å². The number of pyridine rings is 2. The van der Waals surface area contributed by atoms with Crippen LogP contribution in [-0.4, -0.2) is 73.3 Å². The number of fused-ring (bicyclic) bond motifs is 1. The van der Waals surface area contributed by atoms with Crippen molar-refractivity contribution < 1.29 is 22.7 Å². The second kappa shape index (κ2) is 11.1. The second-order valence-electron chi connectivity index (χ2n) is 9.88. The highest BCUT2D eigenvalue weighted by Gasteiger charge is 2.33. The Morgan fingerprint density at radius 1 is 1.24 bits per heavy atom. The molecule has 0 bridgehead atoms. The average molecular weight is 532 g/mol. The van der Waals surface area contributed by atoms with Gasteiger partial charge in [-0.25, -0.2) is 4.98 Å². The van der Waals surface area contributed by atoms with Gasteiger partial charge in [-0.05, 0) is 51.2 Å². The number of ether oxygens (including phenoxy) is 1. The molecule has 4 rings (SSSR count). The average Bonchev–Trinajstić information content (AvgIpc) is 2.85. The molecule has 2 aromatic heterocycles. The highest BCUT2D eigenvalue weighted by Crippen LogP contribution is 2.33. The van der Waals surface area contributed by atoms with E-state index in [9.17, 15) is 22.8 Å². The van der Waals surface area contributed by atoms with E-state index in [1.807, 2.05) is 25.9 Å². The first-order valence-corrected chi connectivity index (χ1v) is 12.4. The van der Waals surface area contributed by atoms with Crippen molar-refractivity contribution in [2.45, 2.75) is 32.6 Å². The summed E-state index contributed by atoms with van der Waals surface area (Å²) in [5, 5.41) is 2.84. The van der Waals surface area contributed by atoms with Gasteiger partial charge in [0, 0.05) is 38.4 Å². The number of benzene rings is 1. The van der Waals surface area contributed by atoms with Gasteiger partial charge in [-0.2, -0.15) is 13.2 Å². The van der Waals surface area contributed by atoms with Crippen LogP contribution in [0, 0.1) is 6.92 Å². The lowest BCUT2D eigenvalue weighted by Crippen LogP contribution is -2.41. The number of morpholine rings is 1. The number of amides is 1. The Morgan fingerprint density at radius 3 is 2.61 bits per heavy atom. The summed E-state index contributed by atoms with van der Waals surface area (Å²) in [6.45, 7) is 6.25. The molecule has 38 heavy (non-hydrogen) atoms. The first-order valence-electron chi connectivity index (χ1n) is 12.4. The first kappa shape index (κ1) is 27.6. The Bertz CT molecular complexity index is 1380. The summed E-state index contributed by atoms with van der Waals surface area (Å²) in [6.07, 6.45) is -1.48. The summed E-state index contributed by atoms with van der Waals surface area (Å²) in [4.78, 5) is 34.9. The molecule has 1 atom stereocenters. The van der Waals surface area contributed by atoms with Crippen molar-refractivity contribution >= 4 is 22.6 Å². The fraction of sp³-hybridized carbons (Fsp3) is 0.444. The van der Waals surface area contributed by atoms with E-state index in [-0.39, 0.29) is 29.2 Å². The van der Waals surface area contributed by atoms with E-state index < -0.39 is 23.1 Å². The van der Waals surface area contributed by atoms with E-state index in [0.717, 1.165) is 11.8 Å². The topological polar surface area (TPSA) is 79.7 Å². The Labute approximate surface area is 219 Å². The van der Waals surface area contributed by atoms with Crippen LogP contribution in [0.1, 0.15) is 34.0 Å². The lowest BCUT2D eigenvalue weighted by Gasteiger charge is -2.29. The molecular formula is C27H32F3N5O3. The van der Waals surface area contributed by atoms with Gasteiger partial charge in [0.15, 0.2) is 0 Å². The fourth-order valence-corrected chi connectivity index (χ4v) is 4.78. The minimum absolute atomic E-state index is 0.0221. The lowest BCUT2D eigenvalue weighted by molar-refractivity contribution is -0.138. The first-order chi connectivity index (χ1) is 18.0. The SMILES string of the molecule is Cc1c(Cn2cc(C(=O)N[C@H](C)CN(C)C)c(=O)c3ncc(N4CCOCC4)cc32)cccc1C(F)(F)F. The Hall–Kier alpha value is -3.44. The number of likely N-dealkylation sites (N-methyl/N-ethyl adjacent to an activating group) is 1. The molecule has 1 amide bonds. The second-order valence-corrected chi connectivity index (χ2v) is 9.88. The number of rotatable bonds is 7. The van der Waals surface area contributed by atoms with Gasteiger partial charge in [0.1, 0.15) is 11.1 Å². The number of anilines is 1. The molecule has 204 valence electrons. The van der Waals surface area contributed by atoms with Crippen LogP contribution in [0.3, 0.4) is 0 Å². The molecule has 11 heteroatoms. The van der Waals surface area contributed by atoms with Gasteiger partial charge in [-0.15, -0.1) is 0 Å². The zero-order valence-corrected chi connectivity index (χ0v) is 21.9. The van der Waals surface area contributed by atoms with Gasteiger partial charge in [0.25, 0.3) is 5.91 Å². The lowest BCUT2D eigenvalue weighted by atomic mass is 10.0. The number of alkyl halides is 3. The molecule has 1 fully saturated rings. The van der Waals surface area contributed by atoms with Crippen LogP contribution in [0.5, 0.6) is 0 Å². The molecule has 3 heterocycles. The molecule has 1 aliphatic rings. The summed E-state index contributed by atoms with van der Waals surface area (Å²) in [7, 11) is 3.75. The third-order valence-corrected chi connectivity index (χ3v) is 6.64. The van der Waals surface area contributed by atoms with E-state index in [0.29, 0.717) is 43.9 Å². The van der Waals surface area contributed by atoms with E-state index in [1.165, 1.54) is 19.2 Å². The van der Waals surface area contributed by atoms with E-state index in [4.69, 9.17) is 4.74 Å². The minimum Gasteiger partial charge on any atom is -0.378 e. The number of carbonyl (C=O) groups excluding carboxylic acids is 1. The molecule has 0 unspecified atom stereocenters. The Morgan fingerprint density at radius 2 is 1.95 bits per heavy atom. The van der Waals surface area contributed by atoms with E-state index >= 15 is 0 Å². The van der Waals surface area contributed by atoms with Crippen molar-refractivity contribution in [1.29, 1.82) is 0 Å². The molecule has 8 nitrogen and oxygen atoms in total. The van der Waals surface area contributed by atoms with Gasteiger partial charge >= 0.3 is 6.18 Å². The van der Waals surface area contributed by atoms with Crippen molar-refractivity contribution in [2.24, 2.45) is 0 Å². The molecule has 0 aliphatic carbocycles. The number of hydrogen-bond donors (Lipinski definition) is 1. The molecule has 1 saturated heterocycles. The van der Waals surface area contributed by atoms with Gasteiger partial charge in [-0.1, -0.05) is 12.1 Å². The number of aromatic nitrogens is 2. The fourth-order valence-electron chi connectivity index (χ4n) is 4.78. The van der Waals surface area contributed by atoms with Crippen molar-refractivity contribution in [1.82, 2.24) is 19.8 Å². The minimum atomic E-state index is -4.50. The maximum absolute atomic E-state index is 13.6. The summed E-state index contributed by atoms with van der Waals surface area (Å²) in [6, 6.07) is 5.60. The van der Waals surface area contributed by atoms with E-state index in [1.54, 1.807) is 22.9 Å². The Balaban J connectivity index is 1.83. The quantitative estimate of drug-likeness (QED) is 0.504. The third kappa shape index (κ3) is 5.99. The third-order valence-electron chi connectivity index (χ3n) is 6.64. The van der Waals surface area contributed by atoms with E-state index in [2.05, 4.69) is 15.2 Å². The highest BCUT2D eigenvalue weighted by molar-refractivity contribution is 5.97. The molecule has 0 radical (unpaired) electrons. The van der Waals surface area contributed by atoms with Crippen LogP contribution in [0.25, 0.3) is 11.0 Å². The summed E-state index contributed by atoms with van der Waals surface area (Å²) >= 11 is 0. The number of halogens is 3. The monoisotopic (exact) mass is 531 g/mol. The van der Waals surface area contributed by atoms with Crippen molar-refractivity contribution in [3.8, 4) is 0 Å².